The predicted octanol–water partition coefficient (Wildman–Crippen LogP) is 3.07. The van der Waals surface area contributed by atoms with Crippen LogP contribution in [0.1, 0.15) is 30.2 Å². The second-order valence-electron chi connectivity index (χ2n) is 5.74. The summed E-state index contributed by atoms with van der Waals surface area (Å²) in [5.41, 5.74) is 1.75. The molecular weight excluding hydrogens is 304 g/mol. The van der Waals surface area contributed by atoms with E-state index in [0.717, 1.165) is 5.56 Å². The summed E-state index contributed by atoms with van der Waals surface area (Å²) in [6.45, 7) is 3.98. The summed E-state index contributed by atoms with van der Waals surface area (Å²) >= 11 is 0. The number of pyridine rings is 1. The van der Waals surface area contributed by atoms with Crippen molar-refractivity contribution in [3.05, 3.63) is 70.8 Å². The number of hydrogen-bond acceptors (Lipinski definition) is 3. The third kappa shape index (κ3) is 3.27. The van der Waals surface area contributed by atoms with Gasteiger partial charge in [0.15, 0.2) is 0 Å². The maximum atomic E-state index is 12.3. The van der Waals surface area contributed by atoms with E-state index in [-0.39, 0.29) is 11.6 Å². The van der Waals surface area contributed by atoms with Crippen molar-refractivity contribution in [3.8, 4) is 11.3 Å². The van der Waals surface area contributed by atoms with E-state index in [2.05, 4.69) is 15.4 Å². The third-order valence-corrected chi connectivity index (χ3v) is 3.63. The molecule has 24 heavy (non-hydrogen) atoms. The standard InChI is InChI=1S/C18H18N4O2/c1-12(2)22-11-14(10-19-22)20-17(23)15-8-9-16(21-18(15)24)13-6-4-3-5-7-13/h3-12H,1-2H3,(H,20,23)(H,21,24). The fraction of sp³-hybridized carbons (Fsp3) is 0.167. The zero-order chi connectivity index (χ0) is 17.1. The largest absolute Gasteiger partial charge is 0.321 e. The molecule has 0 spiro atoms. The lowest BCUT2D eigenvalue weighted by molar-refractivity contribution is 0.102. The van der Waals surface area contributed by atoms with Gasteiger partial charge in [-0.2, -0.15) is 5.10 Å². The molecule has 0 fully saturated rings. The van der Waals surface area contributed by atoms with Crippen molar-refractivity contribution in [1.82, 2.24) is 14.8 Å². The molecule has 0 aliphatic heterocycles. The molecule has 2 heterocycles. The Labute approximate surface area is 139 Å². The molecule has 3 rings (SSSR count). The van der Waals surface area contributed by atoms with Crippen molar-refractivity contribution < 1.29 is 4.79 Å². The molecule has 0 unspecified atom stereocenters. The van der Waals surface area contributed by atoms with E-state index in [1.165, 1.54) is 6.07 Å². The minimum Gasteiger partial charge on any atom is -0.321 e. The Hall–Kier alpha value is -3.15. The monoisotopic (exact) mass is 322 g/mol. The quantitative estimate of drug-likeness (QED) is 0.774. The Kier molecular flexibility index (Phi) is 4.29. The first-order chi connectivity index (χ1) is 11.5. The molecule has 0 radical (unpaired) electrons. The van der Waals surface area contributed by atoms with Crippen molar-refractivity contribution >= 4 is 11.6 Å². The smallest absolute Gasteiger partial charge is 0.261 e. The molecule has 3 aromatic rings. The van der Waals surface area contributed by atoms with E-state index in [4.69, 9.17) is 0 Å². The zero-order valence-corrected chi connectivity index (χ0v) is 13.5. The number of aromatic amines is 1. The third-order valence-electron chi connectivity index (χ3n) is 3.63. The van der Waals surface area contributed by atoms with Crippen LogP contribution in [0.5, 0.6) is 0 Å². The number of H-pyrrole nitrogens is 1. The van der Waals surface area contributed by atoms with Gasteiger partial charge in [-0.05, 0) is 31.5 Å². The molecule has 2 N–H and O–H groups in total. The van der Waals surface area contributed by atoms with E-state index in [9.17, 15) is 9.59 Å². The minimum atomic E-state index is -0.459. The highest BCUT2D eigenvalue weighted by molar-refractivity contribution is 6.04. The molecule has 0 bridgehead atoms. The molecule has 6 heteroatoms. The van der Waals surface area contributed by atoms with E-state index >= 15 is 0 Å². The van der Waals surface area contributed by atoms with Gasteiger partial charge >= 0.3 is 0 Å². The summed E-state index contributed by atoms with van der Waals surface area (Å²) in [4.78, 5) is 27.3. The lowest BCUT2D eigenvalue weighted by Crippen LogP contribution is -2.23. The number of aromatic nitrogens is 3. The lowest BCUT2D eigenvalue weighted by atomic mass is 10.1. The number of carbonyl (C=O) groups excluding carboxylic acids is 1. The number of nitrogens with zero attached hydrogens (tertiary/aromatic N) is 2. The SMILES string of the molecule is CC(C)n1cc(NC(=O)c2ccc(-c3ccccc3)[nH]c2=O)cn1. The first kappa shape index (κ1) is 15.7. The zero-order valence-electron chi connectivity index (χ0n) is 13.5. The van der Waals surface area contributed by atoms with Gasteiger partial charge in [-0.25, -0.2) is 0 Å². The van der Waals surface area contributed by atoms with Gasteiger partial charge in [-0.3, -0.25) is 14.3 Å². The summed E-state index contributed by atoms with van der Waals surface area (Å²) in [6.07, 6.45) is 3.29. The lowest BCUT2D eigenvalue weighted by Gasteiger charge is -2.05. The highest BCUT2D eigenvalue weighted by atomic mass is 16.2. The molecule has 0 saturated heterocycles. The Morgan fingerprint density at radius 1 is 1.17 bits per heavy atom. The Morgan fingerprint density at radius 3 is 2.54 bits per heavy atom. The average molecular weight is 322 g/mol. The second kappa shape index (κ2) is 6.54. The van der Waals surface area contributed by atoms with Crippen molar-refractivity contribution in [3.63, 3.8) is 0 Å². The summed E-state index contributed by atoms with van der Waals surface area (Å²) in [6, 6.07) is 12.9. The molecule has 122 valence electrons. The van der Waals surface area contributed by atoms with Crippen LogP contribution in [0.2, 0.25) is 0 Å². The number of benzene rings is 1. The van der Waals surface area contributed by atoms with Gasteiger partial charge in [0.2, 0.25) is 0 Å². The highest BCUT2D eigenvalue weighted by Crippen LogP contribution is 2.15. The van der Waals surface area contributed by atoms with Gasteiger partial charge in [0.25, 0.3) is 11.5 Å². The highest BCUT2D eigenvalue weighted by Gasteiger charge is 2.13. The molecule has 0 aliphatic rings. The van der Waals surface area contributed by atoms with E-state index < -0.39 is 11.5 Å². The number of amides is 1. The van der Waals surface area contributed by atoms with Crippen molar-refractivity contribution in [2.75, 3.05) is 5.32 Å². The van der Waals surface area contributed by atoms with Crippen LogP contribution >= 0.6 is 0 Å². The van der Waals surface area contributed by atoms with Crippen molar-refractivity contribution in [2.24, 2.45) is 0 Å². The summed E-state index contributed by atoms with van der Waals surface area (Å²) in [5, 5.41) is 6.85. The molecule has 0 atom stereocenters. The molecule has 1 aromatic carbocycles. The van der Waals surface area contributed by atoms with Gasteiger partial charge in [-0.1, -0.05) is 30.3 Å². The number of anilines is 1. The number of nitrogens with one attached hydrogen (secondary N) is 2. The predicted molar refractivity (Wildman–Crippen MR) is 93.1 cm³/mol. The summed E-state index contributed by atoms with van der Waals surface area (Å²) < 4.78 is 1.73. The van der Waals surface area contributed by atoms with Gasteiger partial charge in [-0.15, -0.1) is 0 Å². The molecule has 2 aromatic heterocycles. The van der Waals surface area contributed by atoms with Crippen LogP contribution in [0.3, 0.4) is 0 Å². The molecule has 0 aliphatic carbocycles. The summed E-state index contributed by atoms with van der Waals surface area (Å²) in [5.74, 6) is -0.459. The fourth-order valence-electron chi connectivity index (χ4n) is 2.32. The molecule has 1 amide bonds. The van der Waals surface area contributed by atoms with Crippen LogP contribution in [0.4, 0.5) is 5.69 Å². The average Bonchev–Trinajstić information content (AvgIpc) is 3.04. The first-order valence-electron chi connectivity index (χ1n) is 7.69. The molecular formula is C18H18N4O2. The van der Waals surface area contributed by atoms with Crippen LogP contribution in [-0.4, -0.2) is 20.7 Å². The van der Waals surface area contributed by atoms with Crippen molar-refractivity contribution in [1.29, 1.82) is 0 Å². The number of rotatable bonds is 4. The Bertz CT molecular complexity index is 910. The van der Waals surface area contributed by atoms with Crippen LogP contribution in [0.25, 0.3) is 11.3 Å². The van der Waals surface area contributed by atoms with Crippen LogP contribution in [0, 0.1) is 0 Å². The van der Waals surface area contributed by atoms with Crippen LogP contribution < -0.4 is 10.9 Å². The Balaban J connectivity index is 1.81. The number of carbonyl (C=O) groups is 1. The van der Waals surface area contributed by atoms with E-state index in [1.54, 1.807) is 23.1 Å². The van der Waals surface area contributed by atoms with Crippen molar-refractivity contribution in [2.45, 2.75) is 19.9 Å². The molecule has 0 saturated carbocycles. The maximum absolute atomic E-state index is 12.3. The fourth-order valence-corrected chi connectivity index (χ4v) is 2.32. The van der Waals surface area contributed by atoms with Crippen LogP contribution in [0.15, 0.2) is 59.7 Å². The summed E-state index contributed by atoms with van der Waals surface area (Å²) in [7, 11) is 0. The number of hydrogen-bond donors (Lipinski definition) is 2. The van der Waals surface area contributed by atoms with Gasteiger partial charge in [0.1, 0.15) is 5.56 Å². The van der Waals surface area contributed by atoms with Gasteiger partial charge < -0.3 is 10.3 Å². The molecule has 6 nitrogen and oxygen atoms in total. The minimum absolute atomic E-state index is 0.0620. The maximum Gasteiger partial charge on any atom is 0.261 e. The Morgan fingerprint density at radius 2 is 1.92 bits per heavy atom. The van der Waals surface area contributed by atoms with E-state index in [1.807, 2.05) is 44.2 Å². The second-order valence-corrected chi connectivity index (χ2v) is 5.74. The topological polar surface area (TPSA) is 79.8 Å². The normalized spacial score (nSPS) is 10.8. The van der Waals surface area contributed by atoms with Gasteiger partial charge in [0.05, 0.1) is 11.9 Å². The van der Waals surface area contributed by atoms with Gasteiger partial charge in [0, 0.05) is 17.9 Å². The van der Waals surface area contributed by atoms with Crippen LogP contribution in [-0.2, 0) is 0 Å². The van der Waals surface area contributed by atoms with E-state index in [0.29, 0.717) is 11.4 Å². The first-order valence-corrected chi connectivity index (χ1v) is 7.69.